The maximum atomic E-state index is 5.83. The van der Waals surface area contributed by atoms with E-state index in [9.17, 15) is 0 Å². The average Bonchev–Trinajstić information content (AvgIpc) is 2.76. The highest BCUT2D eigenvalue weighted by Gasteiger charge is 2.24. The van der Waals surface area contributed by atoms with Crippen LogP contribution in [0.25, 0.3) is 32.7 Å². The summed E-state index contributed by atoms with van der Waals surface area (Å²) in [5.41, 5.74) is 1.84. The molecule has 0 N–H and O–H groups in total. The first-order valence-electron chi connectivity index (χ1n) is 9.01. The minimum absolute atomic E-state index is 0.665. The summed E-state index contributed by atoms with van der Waals surface area (Å²) in [7, 11) is 6.62. The van der Waals surface area contributed by atoms with Gasteiger partial charge in [-0.15, -0.1) is 0 Å². The molecule has 0 bridgehead atoms. The summed E-state index contributed by atoms with van der Waals surface area (Å²) in [6.07, 6.45) is 0. The third kappa shape index (κ3) is 2.69. The molecule has 0 aliphatic rings. The van der Waals surface area contributed by atoms with Gasteiger partial charge < -0.3 is 18.9 Å². The molecule has 0 saturated heterocycles. The lowest BCUT2D eigenvalue weighted by molar-refractivity contribution is 0.353. The highest BCUT2D eigenvalue weighted by atomic mass is 16.5. The van der Waals surface area contributed by atoms with Crippen molar-refractivity contribution < 1.29 is 18.9 Å². The summed E-state index contributed by atoms with van der Waals surface area (Å²) in [4.78, 5) is 0. The number of hydrogen-bond donors (Lipinski definition) is 0. The van der Waals surface area contributed by atoms with E-state index in [2.05, 4.69) is 24.3 Å². The fourth-order valence-electron chi connectivity index (χ4n) is 3.81. The van der Waals surface area contributed by atoms with Gasteiger partial charge in [-0.3, -0.25) is 0 Å². The monoisotopic (exact) mass is 374 g/mol. The predicted molar refractivity (Wildman–Crippen MR) is 113 cm³/mol. The van der Waals surface area contributed by atoms with Crippen LogP contribution in [-0.2, 0) is 0 Å². The molecule has 4 aromatic rings. The molecule has 142 valence electrons. The lowest BCUT2D eigenvalue weighted by Gasteiger charge is -2.21. The Hall–Kier alpha value is -3.40. The van der Waals surface area contributed by atoms with Crippen molar-refractivity contribution in [1.82, 2.24) is 0 Å². The van der Waals surface area contributed by atoms with Gasteiger partial charge in [0.05, 0.1) is 28.4 Å². The average molecular weight is 374 g/mol. The van der Waals surface area contributed by atoms with Crippen LogP contribution in [0, 0.1) is 0 Å². The molecule has 0 radical (unpaired) electrons. The largest absolute Gasteiger partial charge is 0.493 e. The van der Waals surface area contributed by atoms with E-state index in [4.69, 9.17) is 18.9 Å². The molecule has 4 heteroatoms. The van der Waals surface area contributed by atoms with Gasteiger partial charge in [0.1, 0.15) is 0 Å². The van der Waals surface area contributed by atoms with Gasteiger partial charge in [0.15, 0.2) is 23.0 Å². The van der Waals surface area contributed by atoms with E-state index in [1.165, 1.54) is 0 Å². The second-order valence-corrected chi connectivity index (χ2v) is 6.42. The van der Waals surface area contributed by atoms with Crippen molar-refractivity contribution in [3.05, 3.63) is 60.7 Å². The number of fused-ring (bicyclic) bond motifs is 2. The molecular formula is C24H22O4. The molecule has 0 aliphatic carbocycles. The van der Waals surface area contributed by atoms with Gasteiger partial charge in [0.2, 0.25) is 0 Å². The Morgan fingerprint density at radius 3 is 1.25 bits per heavy atom. The number of ether oxygens (including phenoxy) is 4. The molecule has 0 fully saturated rings. The first-order chi connectivity index (χ1) is 13.7. The Balaban J connectivity index is 2.27. The molecule has 0 unspecified atom stereocenters. The third-order valence-electron chi connectivity index (χ3n) is 5.03. The Bertz CT molecular complexity index is 1070. The van der Waals surface area contributed by atoms with Crippen LogP contribution in [-0.4, -0.2) is 28.4 Å². The summed E-state index contributed by atoms with van der Waals surface area (Å²) in [5, 5.41) is 4.22. The van der Waals surface area contributed by atoms with Crippen molar-refractivity contribution in [3.63, 3.8) is 0 Å². The summed E-state index contributed by atoms with van der Waals surface area (Å²) >= 11 is 0. The van der Waals surface area contributed by atoms with Gasteiger partial charge in [-0.25, -0.2) is 0 Å². The van der Waals surface area contributed by atoms with E-state index in [0.717, 1.165) is 32.7 Å². The molecule has 0 aromatic heterocycles. The van der Waals surface area contributed by atoms with Crippen molar-refractivity contribution in [2.45, 2.75) is 0 Å². The van der Waals surface area contributed by atoms with E-state index in [-0.39, 0.29) is 0 Å². The Morgan fingerprint density at radius 1 is 0.500 bits per heavy atom. The minimum Gasteiger partial charge on any atom is -0.493 e. The molecule has 4 aromatic carbocycles. The predicted octanol–water partition coefficient (Wildman–Crippen LogP) is 5.69. The van der Waals surface area contributed by atoms with Crippen molar-refractivity contribution in [3.8, 4) is 34.1 Å². The molecule has 0 aliphatic heterocycles. The molecule has 28 heavy (non-hydrogen) atoms. The summed E-state index contributed by atoms with van der Waals surface area (Å²) in [5.74, 6) is 2.67. The fourth-order valence-corrected chi connectivity index (χ4v) is 3.81. The van der Waals surface area contributed by atoms with Crippen LogP contribution in [0.4, 0.5) is 0 Å². The van der Waals surface area contributed by atoms with Crippen LogP contribution in [0.15, 0.2) is 60.7 Å². The topological polar surface area (TPSA) is 36.9 Å². The van der Waals surface area contributed by atoms with Gasteiger partial charge in [-0.2, -0.15) is 0 Å². The third-order valence-corrected chi connectivity index (χ3v) is 5.03. The number of hydrogen-bond acceptors (Lipinski definition) is 4. The van der Waals surface area contributed by atoms with Crippen LogP contribution in [0.5, 0.6) is 23.0 Å². The quantitative estimate of drug-likeness (QED) is 0.449. The SMILES string of the molecule is COc1cc2ccccc2c(-c2c(OC)c(OC)cc3ccccc23)c1OC. The molecule has 4 rings (SSSR count). The van der Waals surface area contributed by atoms with E-state index < -0.39 is 0 Å². The van der Waals surface area contributed by atoms with Crippen LogP contribution in [0.1, 0.15) is 0 Å². The number of benzene rings is 4. The standard InChI is InChI=1S/C24H22O4/c1-25-19-13-15-9-5-7-11-17(15)21(23(19)27-3)22-18-12-8-6-10-16(18)14-20(26-2)24(22)28-4/h5-14H,1-4H3. The zero-order valence-electron chi connectivity index (χ0n) is 16.4. The lowest BCUT2D eigenvalue weighted by atomic mass is 9.91. The summed E-state index contributed by atoms with van der Waals surface area (Å²) < 4.78 is 23.0. The lowest BCUT2D eigenvalue weighted by Crippen LogP contribution is -1.99. The Kier molecular flexibility index (Phi) is 4.70. The minimum atomic E-state index is 0.665. The normalized spacial score (nSPS) is 10.9. The molecule has 0 heterocycles. The molecule has 0 atom stereocenters. The van der Waals surface area contributed by atoms with Crippen LogP contribution in [0.2, 0.25) is 0 Å². The van der Waals surface area contributed by atoms with E-state index in [1.807, 2.05) is 36.4 Å². The highest BCUT2D eigenvalue weighted by Crippen LogP contribution is 2.51. The van der Waals surface area contributed by atoms with Gasteiger partial charge in [-0.1, -0.05) is 48.5 Å². The first-order valence-corrected chi connectivity index (χ1v) is 9.01. The summed E-state index contributed by atoms with van der Waals surface area (Å²) in [6.45, 7) is 0. The van der Waals surface area contributed by atoms with Crippen LogP contribution in [0.3, 0.4) is 0 Å². The van der Waals surface area contributed by atoms with E-state index in [0.29, 0.717) is 23.0 Å². The zero-order valence-corrected chi connectivity index (χ0v) is 16.4. The van der Waals surface area contributed by atoms with E-state index >= 15 is 0 Å². The number of rotatable bonds is 5. The highest BCUT2D eigenvalue weighted by molar-refractivity contribution is 6.11. The van der Waals surface area contributed by atoms with Gasteiger partial charge in [0.25, 0.3) is 0 Å². The maximum Gasteiger partial charge on any atom is 0.169 e. The summed E-state index contributed by atoms with van der Waals surface area (Å²) in [6, 6.07) is 20.3. The molecule has 0 amide bonds. The van der Waals surface area contributed by atoms with Gasteiger partial charge in [0, 0.05) is 11.1 Å². The molecule has 4 nitrogen and oxygen atoms in total. The van der Waals surface area contributed by atoms with Crippen molar-refractivity contribution in [2.75, 3.05) is 28.4 Å². The maximum absolute atomic E-state index is 5.83. The molecule has 0 saturated carbocycles. The fraction of sp³-hybridized carbons (Fsp3) is 0.167. The van der Waals surface area contributed by atoms with E-state index in [1.54, 1.807) is 28.4 Å². The Labute approximate surface area is 164 Å². The van der Waals surface area contributed by atoms with Gasteiger partial charge in [-0.05, 0) is 33.7 Å². The van der Waals surface area contributed by atoms with Crippen LogP contribution >= 0.6 is 0 Å². The smallest absolute Gasteiger partial charge is 0.169 e. The first kappa shape index (κ1) is 18.0. The van der Waals surface area contributed by atoms with Crippen LogP contribution < -0.4 is 18.9 Å². The second kappa shape index (κ2) is 7.31. The zero-order chi connectivity index (χ0) is 19.7. The second-order valence-electron chi connectivity index (χ2n) is 6.42. The van der Waals surface area contributed by atoms with Crippen molar-refractivity contribution in [2.24, 2.45) is 0 Å². The van der Waals surface area contributed by atoms with Crippen molar-refractivity contribution in [1.29, 1.82) is 0 Å². The van der Waals surface area contributed by atoms with Gasteiger partial charge >= 0.3 is 0 Å². The van der Waals surface area contributed by atoms with Crippen molar-refractivity contribution >= 4 is 21.5 Å². The number of methoxy groups -OCH3 is 4. The Morgan fingerprint density at radius 2 is 0.893 bits per heavy atom. The molecular weight excluding hydrogens is 352 g/mol. The molecule has 0 spiro atoms.